The zero-order chi connectivity index (χ0) is 14.8. The molecule has 21 heavy (non-hydrogen) atoms. The summed E-state index contributed by atoms with van der Waals surface area (Å²) in [5, 5.41) is 9.74. The molecule has 2 heterocycles. The molecule has 1 aromatic carbocycles. The second kappa shape index (κ2) is 5.79. The van der Waals surface area contributed by atoms with E-state index in [-0.39, 0.29) is 11.3 Å². The minimum Gasteiger partial charge on any atom is -0.508 e. The molecule has 3 rings (SSSR count). The molecular weight excluding hydrogens is 308 g/mol. The van der Waals surface area contributed by atoms with E-state index in [0.29, 0.717) is 22.1 Å². The Balaban J connectivity index is 1.86. The van der Waals surface area contributed by atoms with Crippen LogP contribution in [0.2, 0.25) is 5.02 Å². The van der Waals surface area contributed by atoms with Crippen molar-refractivity contribution in [2.75, 3.05) is 0 Å². The number of thioether (sulfide) groups is 1. The first-order chi connectivity index (χ1) is 10.1. The number of hydrogen-bond donors (Lipinski definition) is 1. The molecule has 0 saturated carbocycles. The molecule has 2 aromatic heterocycles. The van der Waals surface area contributed by atoms with Gasteiger partial charge in [0.05, 0.1) is 10.7 Å². The first kappa shape index (κ1) is 14.0. The van der Waals surface area contributed by atoms with Crippen LogP contribution in [0.3, 0.4) is 0 Å². The van der Waals surface area contributed by atoms with Crippen LogP contribution < -0.4 is 5.56 Å². The topological polar surface area (TPSA) is 54.6 Å². The van der Waals surface area contributed by atoms with Gasteiger partial charge in [-0.1, -0.05) is 11.6 Å². The molecule has 0 aliphatic heterocycles. The minimum absolute atomic E-state index is 0.149. The van der Waals surface area contributed by atoms with Gasteiger partial charge in [-0.3, -0.25) is 9.20 Å². The predicted octanol–water partition coefficient (Wildman–Crippen LogP) is 3.35. The maximum absolute atomic E-state index is 12.0. The van der Waals surface area contributed by atoms with Crippen molar-refractivity contribution in [3.8, 4) is 5.75 Å². The Kier molecular flexibility index (Phi) is 3.86. The lowest BCUT2D eigenvalue weighted by molar-refractivity contribution is 0.475. The maximum Gasteiger partial charge on any atom is 0.258 e. The van der Waals surface area contributed by atoms with E-state index in [1.165, 1.54) is 10.5 Å². The molecule has 106 valence electrons. The SMILES string of the molecule is O=c1cc(CSc2ccc(O)cc2)nc2ccc(Cl)cn12. The third-order valence-electron chi connectivity index (χ3n) is 2.90. The molecule has 0 radical (unpaired) electrons. The summed E-state index contributed by atoms with van der Waals surface area (Å²) in [5.74, 6) is 0.817. The van der Waals surface area contributed by atoms with Gasteiger partial charge in [0, 0.05) is 22.9 Å². The van der Waals surface area contributed by atoms with Gasteiger partial charge in [0.2, 0.25) is 0 Å². The van der Waals surface area contributed by atoms with Crippen molar-refractivity contribution < 1.29 is 5.11 Å². The van der Waals surface area contributed by atoms with Gasteiger partial charge in [0.15, 0.2) is 0 Å². The Morgan fingerprint density at radius 3 is 2.71 bits per heavy atom. The monoisotopic (exact) mass is 318 g/mol. The third kappa shape index (κ3) is 3.20. The van der Waals surface area contributed by atoms with Crippen LogP contribution in [0, 0.1) is 0 Å². The van der Waals surface area contributed by atoms with Crippen LogP contribution >= 0.6 is 23.4 Å². The number of fused-ring (bicyclic) bond motifs is 1. The maximum atomic E-state index is 12.0. The molecule has 6 heteroatoms. The standard InChI is InChI=1S/C15H11ClN2O2S/c16-10-1-6-14-17-11(7-15(20)18(14)8-10)9-21-13-4-2-12(19)3-5-13/h1-8,19H,9H2. The highest BCUT2D eigenvalue weighted by molar-refractivity contribution is 7.98. The first-order valence-corrected chi connectivity index (χ1v) is 7.58. The zero-order valence-electron chi connectivity index (χ0n) is 10.9. The third-order valence-corrected chi connectivity index (χ3v) is 4.17. The number of nitrogens with zero attached hydrogens (tertiary/aromatic N) is 2. The average molecular weight is 319 g/mol. The molecular formula is C15H11ClN2O2S. The van der Waals surface area contributed by atoms with Gasteiger partial charge in [0.1, 0.15) is 11.4 Å². The summed E-state index contributed by atoms with van der Waals surface area (Å²) in [6.45, 7) is 0. The Bertz CT molecular complexity index is 846. The second-order valence-electron chi connectivity index (χ2n) is 4.44. The average Bonchev–Trinajstić information content (AvgIpc) is 2.47. The smallest absolute Gasteiger partial charge is 0.258 e. The molecule has 0 aliphatic carbocycles. The van der Waals surface area contributed by atoms with E-state index in [9.17, 15) is 9.90 Å². The van der Waals surface area contributed by atoms with E-state index in [2.05, 4.69) is 4.98 Å². The van der Waals surface area contributed by atoms with E-state index in [4.69, 9.17) is 11.6 Å². The van der Waals surface area contributed by atoms with Crippen LogP contribution in [-0.2, 0) is 5.75 Å². The summed E-state index contributed by atoms with van der Waals surface area (Å²) >= 11 is 7.43. The summed E-state index contributed by atoms with van der Waals surface area (Å²) in [7, 11) is 0. The van der Waals surface area contributed by atoms with Crippen molar-refractivity contribution in [1.29, 1.82) is 0 Å². The van der Waals surface area contributed by atoms with Crippen molar-refractivity contribution >= 4 is 29.0 Å². The lowest BCUT2D eigenvalue weighted by Gasteiger charge is -2.05. The molecule has 1 N–H and O–H groups in total. The number of pyridine rings is 1. The Hall–Kier alpha value is -1.98. The number of phenolic OH excluding ortho intramolecular Hbond substituents is 1. The Morgan fingerprint density at radius 1 is 1.19 bits per heavy atom. The quantitative estimate of drug-likeness (QED) is 0.752. The number of phenols is 1. The fourth-order valence-corrected chi connectivity index (χ4v) is 2.85. The lowest BCUT2D eigenvalue weighted by atomic mass is 10.3. The highest BCUT2D eigenvalue weighted by atomic mass is 35.5. The highest BCUT2D eigenvalue weighted by Gasteiger charge is 2.04. The van der Waals surface area contributed by atoms with Gasteiger partial charge in [0.25, 0.3) is 5.56 Å². The summed E-state index contributed by atoms with van der Waals surface area (Å²) in [6.07, 6.45) is 1.56. The van der Waals surface area contributed by atoms with Crippen LogP contribution in [0.1, 0.15) is 5.69 Å². The van der Waals surface area contributed by atoms with Gasteiger partial charge in [-0.25, -0.2) is 4.98 Å². The fraction of sp³-hybridized carbons (Fsp3) is 0.0667. The van der Waals surface area contributed by atoms with Crippen LogP contribution in [0.4, 0.5) is 0 Å². The van der Waals surface area contributed by atoms with Crippen molar-refractivity contribution in [3.63, 3.8) is 0 Å². The van der Waals surface area contributed by atoms with Gasteiger partial charge in [-0.2, -0.15) is 0 Å². The fourth-order valence-electron chi connectivity index (χ4n) is 1.90. The highest BCUT2D eigenvalue weighted by Crippen LogP contribution is 2.23. The number of hydrogen-bond acceptors (Lipinski definition) is 4. The number of benzene rings is 1. The molecule has 0 amide bonds. The molecule has 3 aromatic rings. The normalized spacial score (nSPS) is 10.9. The van der Waals surface area contributed by atoms with Gasteiger partial charge in [-0.15, -0.1) is 11.8 Å². The zero-order valence-corrected chi connectivity index (χ0v) is 12.4. The van der Waals surface area contributed by atoms with E-state index in [0.717, 1.165) is 4.90 Å². The largest absolute Gasteiger partial charge is 0.508 e. The van der Waals surface area contributed by atoms with Crippen molar-refractivity contribution in [2.24, 2.45) is 0 Å². The molecule has 0 spiro atoms. The second-order valence-corrected chi connectivity index (χ2v) is 5.93. The summed E-state index contributed by atoms with van der Waals surface area (Å²) in [6, 6.07) is 11.9. The lowest BCUT2D eigenvalue weighted by Crippen LogP contribution is -2.14. The van der Waals surface area contributed by atoms with E-state index < -0.39 is 0 Å². The van der Waals surface area contributed by atoms with Crippen LogP contribution in [0.5, 0.6) is 5.75 Å². The van der Waals surface area contributed by atoms with Crippen LogP contribution in [0.15, 0.2) is 58.4 Å². The molecule has 4 nitrogen and oxygen atoms in total. The summed E-state index contributed by atoms with van der Waals surface area (Å²) in [4.78, 5) is 17.5. The van der Waals surface area contributed by atoms with Crippen molar-refractivity contribution in [2.45, 2.75) is 10.6 Å². The first-order valence-electron chi connectivity index (χ1n) is 6.21. The predicted molar refractivity (Wildman–Crippen MR) is 84.1 cm³/mol. The van der Waals surface area contributed by atoms with Crippen LogP contribution in [0.25, 0.3) is 5.65 Å². The summed E-state index contributed by atoms with van der Waals surface area (Å²) in [5.41, 5.74) is 1.14. The van der Waals surface area contributed by atoms with Crippen LogP contribution in [-0.4, -0.2) is 14.5 Å². The Labute approximate surface area is 130 Å². The van der Waals surface area contributed by atoms with E-state index in [1.807, 2.05) is 12.1 Å². The van der Waals surface area contributed by atoms with E-state index >= 15 is 0 Å². The molecule has 0 bridgehead atoms. The number of halogens is 1. The number of aromatic hydroxyl groups is 1. The van der Waals surface area contributed by atoms with Crippen molar-refractivity contribution in [1.82, 2.24) is 9.38 Å². The minimum atomic E-state index is -0.149. The van der Waals surface area contributed by atoms with Gasteiger partial charge in [-0.05, 0) is 36.4 Å². The van der Waals surface area contributed by atoms with Gasteiger partial charge >= 0.3 is 0 Å². The molecule has 0 saturated heterocycles. The molecule has 0 aliphatic rings. The summed E-state index contributed by atoms with van der Waals surface area (Å²) < 4.78 is 1.43. The molecule has 0 atom stereocenters. The van der Waals surface area contributed by atoms with Crippen molar-refractivity contribution in [3.05, 3.63) is 69.7 Å². The molecule has 0 unspecified atom stereocenters. The molecule has 0 fully saturated rings. The number of rotatable bonds is 3. The van der Waals surface area contributed by atoms with E-state index in [1.54, 1.807) is 42.2 Å². The number of aromatic nitrogens is 2. The Morgan fingerprint density at radius 2 is 1.95 bits per heavy atom. The van der Waals surface area contributed by atoms with Gasteiger partial charge < -0.3 is 5.11 Å².